The lowest BCUT2D eigenvalue weighted by atomic mass is 10.3. The Kier molecular flexibility index (Phi) is 6.54. The van der Waals surface area contributed by atoms with Gasteiger partial charge in [0.05, 0.1) is 5.56 Å². The number of nitrogens with one attached hydrogen (secondary N) is 1. The first kappa shape index (κ1) is 12.4. The summed E-state index contributed by atoms with van der Waals surface area (Å²) in [6.07, 6.45) is 3.19. The third-order valence-corrected chi connectivity index (χ3v) is 1.70. The van der Waals surface area contributed by atoms with Crippen molar-refractivity contribution in [2.45, 2.75) is 0 Å². The zero-order valence-corrected chi connectivity index (χ0v) is 9.27. The van der Waals surface area contributed by atoms with Crippen LogP contribution in [0.4, 0.5) is 0 Å². The number of halogens is 2. The van der Waals surface area contributed by atoms with Crippen molar-refractivity contribution < 1.29 is 4.79 Å². The topological polar surface area (TPSA) is 42.0 Å². The van der Waals surface area contributed by atoms with Gasteiger partial charge < -0.3 is 5.32 Å². The first-order valence-electron chi connectivity index (χ1n) is 3.59. The molecule has 1 amide bonds. The predicted octanol–water partition coefficient (Wildman–Crippen LogP) is 1.63. The van der Waals surface area contributed by atoms with Crippen molar-refractivity contribution >= 4 is 34.2 Å². The number of aromatic nitrogens is 1. The van der Waals surface area contributed by atoms with Crippen LogP contribution in [0.5, 0.6) is 0 Å². The van der Waals surface area contributed by atoms with E-state index in [1.54, 1.807) is 24.5 Å². The van der Waals surface area contributed by atoms with Crippen LogP contribution in [0.25, 0.3) is 0 Å². The number of pyridine rings is 1. The van der Waals surface area contributed by atoms with Crippen LogP contribution in [0.2, 0.25) is 0 Å². The van der Waals surface area contributed by atoms with Gasteiger partial charge in [0, 0.05) is 24.3 Å². The largest absolute Gasteiger partial charge is 0.351 e. The highest BCUT2D eigenvalue weighted by molar-refractivity contribution is 9.09. The average Bonchev–Trinajstić information content (AvgIpc) is 2.15. The SMILES string of the molecule is Cl.O=C(NCCBr)c1cccnc1. The normalized spacial score (nSPS) is 8.69. The van der Waals surface area contributed by atoms with Crippen molar-refractivity contribution in [3.05, 3.63) is 30.1 Å². The van der Waals surface area contributed by atoms with Gasteiger partial charge in [-0.2, -0.15) is 0 Å². The lowest BCUT2D eigenvalue weighted by Gasteiger charge is -2.00. The second kappa shape index (κ2) is 6.86. The van der Waals surface area contributed by atoms with E-state index < -0.39 is 0 Å². The minimum absolute atomic E-state index is 0. The summed E-state index contributed by atoms with van der Waals surface area (Å²) >= 11 is 3.22. The zero-order chi connectivity index (χ0) is 8.81. The van der Waals surface area contributed by atoms with Crippen LogP contribution >= 0.6 is 28.3 Å². The fraction of sp³-hybridized carbons (Fsp3) is 0.250. The van der Waals surface area contributed by atoms with Crippen LogP contribution in [0, 0.1) is 0 Å². The molecule has 72 valence electrons. The Hall–Kier alpha value is -0.610. The van der Waals surface area contributed by atoms with Gasteiger partial charge in [-0.3, -0.25) is 9.78 Å². The lowest BCUT2D eigenvalue weighted by Crippen LogP contribution is -2.25. The summed E-state index contributed by atoms with van der Waals surface area (Å²) < 4.78 is 0. The van der Waals surface area contributed by atoms with Crippen LogP contribution < -0.4 is 5.32 Å². The molecule has 0 unspecified atom stereocenters. The molecule has 0 atom stereocenters. The van der Waals surface area contributed by atoms with Crippen molar-refractivity contribution in [1.82, 2.24) is 10.3 Å². The van der Waals surface area contributed by atoms with E-state index in [4.69, 9.17) is 0 Å². The molecule has 1 aromatic heterocycles. The molecule has 0 bridgehead atoms. The second-order valence-electron chi connectivity index (χ2n) is 2.19. The Morgan fingerprint density at radius 3 is 2.92 bits per heavy atom. The van der Waals surface area contributed by atoms with Crippen LogP contribution in [-0.4, -0.2) is 22.8 Å². The van der Waals surface area contributed by atoms with Crippen molar-refractivity contribution in [3.8, 4) is 0 Å². The maximum Gasteiger partial charge on any atom is 0.252 e. The van der Waals surface area contributed by atoms with Crippen LogP contribution in [-0.2, 0) is 0 Å². The van der Waals surface area contributed by atoms with Gasteiger partial charge in [0.25, 0.3) is 5.91 Å². The Labute approximate surface area is 91.5 Å². The first-order valence-corrected chi connectivity index (χ1v) is 4.71. The Morgan fingerprint density at radius 2 is 2.38 bits per heavy atom. The Balaban J connectivity index is 0.00000144. The smallest absolute Gasteiger partial charge is 0.252 e. The van der Waals surface area contributed by atoms with Crippen molar-refractivity contribution in [2.24, 2.45) is 0 Å². The molecule has 0 aromatic carbocycles. The van der Waals surface area contributed by atoms with E-state index in [9.17, 15) is 4.79 Å². The van der Waals surface area contributed by atoms with E-state index in [-0.39, 0.29) is 18.3 Å². The molecule has 0 radical (unpaired) electrons. The molecule has 0 saturated heterocycles. The summed E-state index contributed by atoms with van der Waals surface area (Å²) in [5.41, 5.74) is 0.596. The van der Waals surface area contributed by atoms with E-state index in [2.05, 4.69) is 26.2 Å². The van der Waals surface area contributed by atoms with E-state index >= 15 is 0 Å². The molecule has 0 aliphatic carbocycles. The molecule has 5 heteroatoms. The molecule has 1 aromatic rings. The van der Waals surface area contributed by atoms with Gasteiger partial charge in [-0.1, -0.05) is 15.9 Å². The summed E-state index contributed by atoms with van der Waals surface area (Å²) in [5.74, 6) is -0.0810. The highest BCUT2D eigenvalue weighted by Crippen LogP contribution is 1.94. The van der Waals surface area contributed by atoms with E-state index in [1.807, 2.05) is 0 Å². The molecule has 0 aliphatic heterocycles. The van der Waals surface area contributed by atoms with Gasteiger partial charge in [0.2, 0.25) is 0 Å². The number of hydrogen-bond acceptors (Lipinski definition) is 2. The molecular formula is C8H10BrClN2O. The average molecular weight is 266 g/mol. The zero-order valence-electron chi connectivity index (χ0n) is 6.87. The number of alkyl halides is 1. The summed E-state index contributed by atoms with van der Waals surface area (Å²) in [6.45, 7) is 0.633. The maximum absolute atomic E-state index is 11.2. The fourth-order valence-corrected chi connectivity index (χ4v) is 0.958. The monoisotopic (exact) mass is 264 g/mol. The molecular weight excluding hydrogens is 255 g/mol. The van der Waals surface area contributed by atoms with Gasteiger partial charge in [-0.15, -0.1) is 12.4 Å². The van der Waals surface area contributed by atoms with E-state index in [0.29, 0.717) is 12.1 Å². The number of carbonyl (C=O) groups excluding carboxylic acids is 1. The van der Waals surface area contributed by atoms with Crippen LogP contribution in [0.3, 0.4) is 0 Å². The molecule has 0 aliphatic rings. The van der Waals surface area contributed by atoms with Crippen molar-refractivity contribution in [3.63, 3.8) is 0 Å². The minimum Gasteiger partial charge on any atom is -0.351 e. The fourth-order valence-electron chi connectivity index (χ4n) is 0.760. The number of carbonyl (C=O) groups is 1. The molecule has 1 rings (SSSR count). The molecule has 1 heterocycles. The molecule has 3 nitrogen and oxygen atoms in total. The molecule has 1 N–H and O–H groups in total. The van der Waals surface area contributed by atoms with Crippen LogP contribution in [0.15, 0.2) is 24.5 Å². The summed E-state index contributed by atoms with van der Waals surface area (Å²) in [4.78, 5) is 15.1. The molecule has 0 fully saturated rings. The standard InChI is InChI=1S/C8H9BrN2O.ClH/c9-3-5-11-8(12)7-2-1-4-10-6-7;/h1-2,4,6H,3,5H2,(H,11,12);1H. The Morgan fingerprint density at radius 1 is 1.62 bits per heavy atom. The quantitative estimate of drug-likeness (QED) is 0.844. The molecule has 0 saturated carbocycles. The highest BCUT2D eigenvalue weighted by Gasteiger charge is 2.01. The predicted molar refractivity (Wildman–Crippen MR) is 57.6 cm³/mol. The Bertz CT molecular complexity index is 256. The third kappa shape index (κ3) is 4.24. The van der Waals surface area contributed by atoms with Gasteiger partial charge in [0.15, 0.2) is 0 Å². The molecule has 0 spiro atoms. The number of hydrogen-bond donors (Lipinski definition) is 1. The number of amides is 1. The number of rotatable bonds is 3. The van der Waals surface area contributed by atoms with Gasteiger partial charge in [-0.05, 0) is 12.1 Å². The van der Waals surface area contributed by atoms with Gasteiger partial charge in [0.1, 0.15) is 0 Å². The minimum atomic E-state index is -0.0810. The summed E-state index contributed by atoms with van der Waals surface area (Å²) in [7, 11) is 0. The van der Waals surface area contributed by atoms with Crippen molar-refractivity contribution in [1.29, 1.82) is 0 Å². The second-order valence-corrected chi connectivity index (χ2v) is 2.98. The lowest BCUT2D eigenvalue weighted by molar-refractivity contribution is 0.0956. The van der Waals surface area contributed by atoms with Gasteiger partial charge >= 0.3 is 0 Å². The number of nitrogens with zero attached hydrogens (tertiary/aromatic N) is 1. The first-order chi connectivity index (χ1) is 5.84. The summed E-state index contributed by atoms with van der Waals surface area (Å²) in [5, 5.41) is 3.49. The van der Waals surface area contributed by atoms with Crippen molar-refractivity contribution in [2.75, 3.05) is 11.9 Å². The summed E-state index contributed by atoms with van der Waals surface area (Å²) in [6, 6.07) is 3.47. The highest BCUT2D eigenvalue weighted by atomic mass is 79.9. The van der Waals surface area contributed by atoms with Crippen LogP contribution in [0.1, 0.15) is 10.4 Å². The molecule has 13 heavy (non-hydrogen) atoms. The maximum atomic E-state index is 11.2. The van der Waals surface area contributed by atoms with Gasteiger partial charge in [-0.25, -0.2) is 0 Å². The van der Waals surface area contributed by atoms with E-state index in [0.717, 1.165) is 5.33 Å². The third-order valence-electron chi connectivity index (χ3n) is 1.30. The van der Waals surface area contributed by atoms with E-state index in [1.165, 1.54) is 0 Å².